The Morgan fingerprint density at radius 1 is 1.03 bits per heavy atom. The van der Waals surface area contributed by atoms with Gasteiger partial charge in [-0.15, -0.1) is 11.3 Å². The highest BCUT2D eigenvalue weighted by atomic mass is 32.1. The average Bonchev–Trinajstić information content (AvgIpc) is 3.41. The molecule has 0 saturated heterocycles. The third-order valence-corrected chi connectivity index (χ3v) is 6.57. The van der Waals surface area contributed by atoms with Crippen LogP contribution in [0.2, 0.25) is 0 Å². The molecule has 9 heteroatoms. The van der Waals surface area contributed by atoms with Crippen molar-refractivity contribution < 1.29 is 24.2 Å². The second kappa shape index (κ2) is 9.41. The van der Waals surface area contributed by atoms with Gasteiger partial charge in [0.2, 0.25) is 5.91 Å². The van der Waals surface area contributed by atoms with Crippen molar-refractivity contribution >= 4 is 29.3 Å². The molecule has 3 aromatic rings. The molecule has 1 aliphatic carbocycles. The van der Waals surface area contributed by atoms with Crippen LogP contribution >= 0.6 is 11.3 Å². The van der Waals surface area contributed by atoms with Crippen LogP contribution in [-0.2, 0) is 9.53 Å². The second-order valence-electron chi connectivity index (χ2n) is 7.80. The Bertz CT molecular complexity index is 1160. The fourth-order valence-electron chi connectivity index (χ4n) is 3.87. The first-order valence-electron chi connectivity index (χ1n) is 10.5. The number of aromatic nitrogens is 1. The molecule has 0 saturated carbocycles. The van der Waals surface area contributed by atoms with Crippen LogP contribution in [-0.4, -0.2) is 40.7 Å². The molecular formula is C24H23N3O5S. The average molecular weight is 466 g/mol. The van der Waals surface area contributed by atoms with E-state index in [0.717, 1.165) is 33.6 Å². The van der Waals surface area contributed by atoms with E-state index >= 15 is 0 Å². The van der Waals surface area contributed by atoms with Crippen LogP contribution in [0.15, 0.2) is 53.9 Å². The molecule has 1 aromatic heterocycles. The molecule has 2 aromatic carbocycles. The summed E-state index contributed by atoms with van der Waals surface area (Å²) in [6.45, 7) is 3.40. The van der Waals surface area contributed by atoms with Crippen LogP contribution in [0.25, 0.3) is 11.1 Å². The molecule has 8 nitrogen and oxygen atoms in total. The van der Waals surface area contributed by atoms with Gasteiger partial charge in [0.1, 0.15) is 17.7 Å². The molecular weight excluding hydrogens is 442 g/mol. The number of hydrogen-bond acceptors (Lipinski definition) is 6. The molecule has 2 unspecified atom stereocenters. The van der Waals surface area contributed by atoms with Crippen molar-refractivity contribution in [2.24, 2.45) is 0 Å². The molecule has 0 spiro atoms. The normalized spacial score (nSPS) is 14.0. The number of fused-ring (bicyclic) bond motifs is 3. The maximum atomic E-state index is 12.5. The quantitative estimate of drug-likeness (QED) is 0.486. The van der Waals surface area contributed by atoms with Crippen molar-refractivity contribution in [2.75, 3.05) is 6.61 Å². The maximum Gasteiger partial charge on any atom is 0.407 e. The summed E-state index contributed by atoms with van der Waals surface area (Å²) in [5.41, 5.74) is 4.42. The van der Waals surface area contributed by atoms with E-state index in [1.54, 1.807) is 13.8 Å². The van der Waals surface area contributed by atoms with E-state index in [9.17, 15) is 14.4 Å². The molecule has 3 N–H and O–H groups in total. The summed E-state index contributed by atoms with van der Waals surface area (Å²) in [7, 11) is 0. The highest BCUT2D eigenvalue weighted by Crippen LogP contribution is 2.44. The molecule has 2 atom stereocenters. The number of carboxylic acids is 1. The second-order valence-corrected chi connectivity index (χ2v) is 8.69. The lowest BCUT2D eigenvalue weighted by atomic mass is 9.98. The number of thiazole rings is 1. The summed E-state index contributed by atoms with van der Waals surface area (Å²) < 4.78 is 5.47. The summed E-state index contributed by atoms with van der Waals surface area (Å²) >= 11 is 1.15. The van der Waals surface area contributed by atoms with Crippen molar-refractivity contribution in [1.29, 1.82) is 0 Å². The molecule has 33 heavy (non-hydrogen) atoms. The first-order valence-corrected chi connectivity index (χ1v) is 11.3. The van der Waals surface area contributed by atoms with E-state index in [-0.39, 0.29) is 18.2 Å². The van der Waals surface area contributed by atoms with Crippen LogP contribution in [0.5, 0.6) is 0 Å². The van der Waals surface area contributed by atoms with Crippen molar-refractivity contribution in [2.45, 2.75) is 31.8 Å². The maximum absolute atomic E-state index is 12.5. The number of rotatable bonds is 7. The first kappa shape index (κ1) is 22.5. The van der Waals surface area contributed by atoms with Crippen LogP contribution in [0, 0.1) is 0 Å². The molecule has 0 fully saturated rings. The third kappa shape index (κ3) is 4.73. The van der Waals surface area contributed by atoms with E-state index in [4.69, 9.17) is 9.84 Å². The fourth-order valence-corrected chi connectivity index (χ4v) is 4.67. The van der Waals surface area contributed by atoms with Crippen molar-refractivity contribution in [1.82, 2.24) is 15.6 Å². The number of hydrogen-bond donors (Lipinski definition) is 3. The van der Waals surface area contributed by atoms with E-state index in [1.807, 2.05) is 36.4 Å². The third-order valence-electron chi connectivity index (χ3n) is 5.54. The van der Waals surface area contributed by atoms with Crippen LogP contribution in [0.4, 0.5) is 4.79 Å². The zero-order valence-electron chi connectivity index (χ0n) is 18.1. The number of nitrogens with zero attached hydrogens (tertiary/aromatic N) is 1. The number of alkyl carbamates (subject to hydrolysis) is 1. The number of carbonyl (C=O) groups excluding carboxylic acids is 2. The van der Waals surface area contributed by atoms with Crippen LogP contribution in [0.1, 0.15) is 52.4 Å². The van der Waals surface area contributed by atoms with Gasteiger partial charge in [0.05, 0.1) is 6.04 Å². The summed E-state index contributed by atoms with van der Waals surface area (Å²) in [6, 6.07) is 14.8. The molecule has 0 aliphatic heterocycles. The molecule has 0 bridgehead atoms. The highest BCUT2D eigenvalue weighted by Gasteiger charge is 2.29. The Hall–Kier alpha value is -3.72. The van der Waals surface area contributed by atoms with Gasteiger partial charge in [-0.05, 0) is 36.1 Å². The lowest BCUT2D eigenvalue weighted by molar-refractivity contribution is -0.123. The predicted octanol–water partition coefficient (Wildman–Crippen LogP) is 3.95. The van der Waals surface area contributed by atoms with Gasteiger partial charge >= 0.3 is 12.1 Å². The predicted molar refractivity (Wildman–Crippen MR) is 123 cm³/mol. The first-order chi connectivity index (χ1) is 15.8. The molecule has 4 rings (SSSR count). The summed E-state index contributed by atoms with van der Waals surface area (Å²) in [4.78, 5) is 39.8. The minimum absolute atomic E-state index is 0.0686. The van der Waals surface area contributed by atoms with E-state index in [0.29, 0.717) is 5.01 Å². The SMILES string of the molecule is CC(NC(=O)OCC1c2ccccc2-c2ccccc21)C(=O)NC(C)c1nc(C(=O)O)cs1. The number of amides is 2. The number of benzene rings is 2. The van der Waals surface area contributed by atoms with Gasteiger partial charge in [0.15, 0.2) is 5.69 Å². The lowest BCUT2D eigenvalue weighted by Gasteiger charge is -2.18. The Balaban J connectivity index is 1.32. The summed E-state index contributed by atoms with van der Waals surface area (Å²) in [5, 5.41) is 16.1. The Kier molecular flexibility index (Phi) is 6.41. The lowest BCUT2D eigenvalue weighted by Crippen LogP contribution is -2.45. The minimum atomic E-state index is -1.12. The van der Waals surface area contributed by atoms with Crippen molar-refractivity contribution in [3.05, 3.63) is 75.7 Å². The minimum Gasteiger partial charge on any atom is -0.476 e. The van der Waals surface area contributed by atoms with E-state index in [1.165, 1.54) is 5.38 Å². The summed E-state index contributed by atoms with van der Waals surface area (Å²) in [5.74, 6) is -1.62. The summed E-state index contributed by atoms with van der Waals surface area (Å²) in [6.07, 6.45) is -0.686. The van der Waals surface area contributed by atoms with Gasteiger partial charge in [-0.1, -0.05) is 48.5 Å². The molecule has 0 radical (unpaired) electrons. The smallest absolute Gasteiger partial charge is 0.407 e. The molecule has 2 amide bonds. The monoisotopic (exact) mass is 465 g/mol. The Labute approximate surface area is 194 Å². The molecule has 1 aliphatic rings. The number of carbonyl (C=O) groups is 3. The molecule has 1 heterocycles. The topological polar surface area (TPSA) is 118 Å². The Morgan fingerprint density at radius 3 is 2.21 bits per heavy atom. The standard InChI is InChI=1S/C24H23N3O5S/c1-13(21(28)25-14(2)22-27-20(12-33-22)23(29)30)26-24(31)32-11-19-17-9-5-3-7-15(17)16-8-4-6-10-18(16)19/h3-10,12-14,19H,11H2,1-2H3,(H,25,28)(H,26,31)(H,29,30). The van der Waals surface area contributed by atoms with Gasteiger partial charge in [-0.2, -0.15) is 0 Å². The van der Waals surface area contributed by atoms with Gasteiger partial charge in [-0.25, -0.2) is 14.6 Å². The van der Waals surface area contributed by atoms with Crippen LogP contribution < -0.4 is 10.6 Å². The number of carboxylic acid groups (broad SMARTS) is 1. The van der Waals surface area contributed by atoms with E-state index in [2.05, 4.69) is 27.8 Å². The van der Waals surface area contributed by atoms with E-state index < -0.39 is 30.1 Å². The number of ether oxygens (including phenoxy) is 1. The largest absolute Gasteiger partial charge is 0.476 e. The van der Waals surface area contributed by atoms with Gasteiger partial charge in [0.25, 0.3) is 0 Å². The van der Waals surface area contributed by atoms with Gasteiger partial charge in [0, 0.05) is 11.3 Å². The molecule has 170 valence electrons. The van der Waals surface area contributed by atoms with Gasteiger partial charge < -0.3 is 20.5 Å². The van der Waals surface area contributed by atoms with Gasteiger partial charge in [-0.3, -0.25) is 4.79 Å². The van der Waals surface area contributed by atoms with Crippen molar-refractivity contribution in [3.63, 3.8) is 0 Å². The fraction of sp³-hybridized carbons (Fsp3) is 0.250. The van der Waals surface area contributed by atoms with Crippen molar-refractivity contribution in [3.8, 4) is 11.1 Å². The Morgan fingerprint density at radius 2 is 1.64 bits per heavy atom. The zero-order valence-corrected chi connectivity index (χ0v) is 18.9. The number of nitrogens with one attached hydrogen (secondary N) is 2. The zero-order chi connectivity index (χ0) is 23.5. The highest BCUT2D eigenvalue weighted by molar-refractivity contribution is 7.09. The van der Waals surface area contributed by atoms with Crippen LogP contribution in [0.3, 0.4) is 0 Å². The number of aromatic carboxylic acids is 1.